The molecule has 0 spiro atoms. The third-order valence-electron chi connectivity index (χ3n) is 5.71. The Morgan fingerprint density at radius 1 is 0.971 bits per heavy atom. The largest absolute Gasteiger partial charge is 0.378 e. The van der Waals surface area contributed by atoms with Gasteiger partial charge in [-0.2, -0.15) is 0 Å². The normalized spacial score (nSPS) is 13.8. The Hall–Kier alpha value is -3.56. The fourth-order valence-electron chi connectivity index (χ4n) is 3.96. The van der Waals surface area contributed by atoms with E-state index in [9.17, 15) is 18.4 Å². The molecule has 0 aliphatic carbocycles. The molecule has 4 aromatic rings. The smallest absolute Gasteiger partial charge is 0.266 e. The Morgan fingerprint density at radius 3 is 2.46 bits per heavy atom. The van der Waals surface area contributed by atoms with Gasteiger partial charge in [0.2, 0.25) is 0 Å². The van der Waals surface area contributed by atoms with Crippen LogP contribution in [0.1, 0.15) is 15.9 Å². The quantitative estimate of drug-likeness (QED) is 0.304. The van der Waals surface area contributed by atoms with Gasteiger partial charge in [-0.15, -0.1) is 0 Å². The molecule has 1 amide bonds. The summed E-state index contributed by atoms with van der Waals surface area (Å²) in [6, 6.07) is 16.7. The summed E-state index contributed by atoms with van der Waals surface area (Å²) in [6.07, 6.45) is 0. The topological polar surface area (TPSA) is 64.4 Å². The number of morpholine rings is 1. The van der Waals surface area contributed by atoms with Crippen LogP contribution in [-0.2, 0) is 10.5 Å². The molecule has 2 heterocycles. The minimum atomic E-state index is -0.484. The van der Waals surface area contributed by atoms with Crippen LogP contribution in [0.25, 0.3) is 16.6 Å². The number of aromatic nitrogens is 2. The number of hydrogen-bond donors (Lipinski definition) is 0. The fraction of sp³-hybridized carbons (Fsp3) is 0.192. The van der Waals surface area contributed by atoms with Crippen LogP contribution in [0.4, 0.5) is 8.78 Å². The van der Waals surface area contributed by atoms with E-state index in [4.69, 9.17) is 4.74 Å². The van der Waals surface area contributed by atoms with Gasteiger partial charge in [-0.05, 0) is 54.1 Å². The second kappa shape index (κ2) is 9.97. The lowest BCUT2D eigenvalue weighted by Crippen LogP contribution is -2.40. The fourth-order valence-corrected chi connectivity index (χ4v) is 4.92. The molecule has 0 bridgehead atoms. The van der Waals surface area contributed by atoms with E-state index in [0.717, 1.165) is 0 Å². The van der Waals surface area contributed by atoms with Crippen LogP contribution in [0.3, 0.4) is 0 Å². The van der Waals surface area contributed by atoms with Gasteiger partial charge in [-0.1, -0.05) is 30.0 Å². The number of rotatable bonds is 5. The summed E-state index contributed by atoms with van der Waals surface area (Å²) >= 11 is 1.23. The third kappa shape index (κ3) is 4.96. The van der Waals surface area contributed by atoms with E-state index in [-0.39, 0.29) is 17.3 Å². The van der Waals surface area contributed by atoms with Gasteiger partial charge in [0.1, 0.15) is 11.6 Å². The number of fused-ring (bicyclic) bond motifs is 1. The number of hydrogen-bond acceptors (Lipinski definition) is 5. The summed E-state index contributed by atoms with van der Waals surface area (Å²) in [4.78, 5) is 32.9. The number of benzene rings is 3. The van der Waals surface area contributed by atoms with Crippen LogP contribution in [0.15, 0.2) is 76.7 Å². The molecule has 9 heteroatoms. The van der Waals surface area contributed by atoms with E-state index in [1.54, 1.807) is 41.3 Å². The van der Waals surface area contributed by atoms with Gasteiger partial charge in [-0.25, -0.2) is 13.8 Å². The van der Waals surface area contributed by atoms with Gasteiger partial charge in [0, 0.05) is 24.4 Å². The first-order valence-corrected chi connectivity index (χ1v) is 12.1. The van der Waals surface area contributed by atoms with Gasteiger partial charge >= 0.3 is 0 Å². The molecule has 3 aromatic carbocycles. The lowest BCUT2D eigenvalue weighted by molar-refractivity contribution is 0.0303. The molecule has 0 N–H and O–H groups in total. The van der Waals surface area contributed by atoms with Crippen molar-refractivity contribution in [1.82, 2.24) is 14.5 Å². The molecule has 0 atom stereocenters. The first-order chi connectivity index (χ1) is 17.0. The van der Waals surface area contributed by atoms with Gasteiger partial charge in [0.25, 0.3) is 11.5 Å². The summed E-state index contributed by atoms with van der Waals surface area (Å²) in [5, 5.41) is 0.622. The van der Waals surface area contributed by atoms with E-state index < -0.39 is 5.82 Å². The van der Waals surface area contributed by atoms with Crippen molar-refractivity contribution >= 4 is 28.6 Å². The lowest BCUT2D eigenvalue weighted by Gasteiger charge is -2.26. The molecular weight excluding hydrogens is 472 g/mol. The SMILES string of the molecule is O=C(c1ccc2c(=O)n(-c3cccc(F)c3)c(SCc3cccc(F)c3)nc2c1)N1CCOCC1. The van der Waals surface area contributed by atoms with Crippen LogP contribution >= 0.6 is 11.8 Å². The van der Waals surface area contributed by atoms with E-state index in [2.05, 4.69) is 4.98 Å². The molecule has 1 aromatic heterocycles. The van der Waals surface area contributed by atoms with Crippen LogP contribution in [-0.4, -0.2) is 46.7 Å². The minimum Gasteiger partial charge on any atom is -0.378 e. The van der Waals surface area contributed by atoms with Gasteiger partial charge in [0.15, 0.2) is 5.16 Å². The number of amides is 1. The highest BCUT2D eigenvalue weighted by Gasteiger charge is 2.20. The predicted octanol–water partition coefficient (Wildman–Crippen LogP) is 4.43. The number of carbonyl (C=O) groups excluding carboxylic acids is 1. The van der Waals surface area contributed by atoms with Gasteiger partial charge in [-0.3, -0.25) is 14.2 Å². The first kappa shape index (κ1) is 23.2. The van der Waals surface area contributed by atoms with Crippen molar-refractivity contribution in [3.63, 3.8) is 0 Å². The van der Waals surface area contributed by atoms with Crippen molar-refractivity contribution in [2.45, 2.75) is 10.9 Å². The molecular formula is C26H21F2N3O3S. The first-order valence-electron chi connectivity index (χ1n) is 11.1. The maximum absolute atomic E-state index is 14.0. The monoisotopic (exact) mass is 493 g/mol. The van der Waals surface area contributed by atoms with E-state index in [1.807, 2.05) is 0 Å². The average Bonchev–Trinajstić information content (AvgIpc) is 2.87. The van der Waals surface area contributed by atoms with Crippen LogP contribution in [0.5, 0.6) is 0 Å². The summed E-state index contributed by atoms with van der Waals surface area (Å²) in [6.45, 7) is 1.97. The number of nitrogens with zero attached hydrogens (tertiary/aromatic N) is 3. The second-order valence-electron chi connectivity index (χ2n) is 8.07. The zero-order valence-corrected chi connectivity index (χ0v) is 19.4. The molecule has 178 valence electrons. The average molecular weight is 494 g/mol. The Kier molecular flexibility index (Phi) is 6.61. The van der Waals surface area contributed by atoms with Gasteiger partial charge in [0.05, 0.1) is 29.8 Å². The Morgan fingerprint density at radius 2 is 1.71 bits per heavy atom. The summed E-state index contributed by atoms with van der Waals surface area (Å²) in [5.41, 5.74) is 1.46. The molecule has 5 rings (SSSR count). The van der Waals surface area contributed by atoms with Crippen LogP contribution in [0, 0.1) is 11.6 Å². The van der Waals surface area contributed by atoms with Crippen LogP contribution in [0.2, 0.25) is 0 Å². The zero-order chi connectivity index (χ0) is 24.4. The molecule has 0 unspecified atom stereocenters. The van der Waals surface area contributed by atoms with Crippen molar-refractivity contribution in [2.24, 2.45) is 0 Å². The summed E-state index contributed by atoms with van der Waals surface area (Å²) < 4.78 is 34.3. The van der Waals surface area contributed by atoms with Crippen molar-refractivity contribution in [2.75, 3.05) is 26.3 Å². The van der Waals surface area contributed by atoms with E-state index in [0.29, 0.717) is 64.9 Å². The molecule has 0 radical (unpaired) electrons. The van der Waals surface area contributed by atoms with Crippen molar-refractivity contribution < 1.29 is 18.3 Å². The molecule has 0 saturated carbocycles. The maximum Gasteiger partial charge on any atom is 0.266 e. The lowest BCUT2D eigenvalue weighted by atomic mass is 10.1. The number of ether oxygens (including phenoxy) is 1. The Bertz CT molecular complexity index is 1470. The number of halogens is 2. The molecule has 1 fully saturated rings. The highest BCUT2D eigenvalue weighted by atomic mass is 32.2. The van der Waals surface area contributed by atoms with Crippen molar-refractivity contribution in [3.05, 3.63) is 99.8 Å². The highest BCUT2D eigenvalue weighted by molar-refractivity contribution is 7.98. The maximum atomic E-state index is 14.0. The second-order valence-corrected chi connectivity index (χ2v) is 9.01. The van der Waals surface area contributed by atoms with Gasteiger partial charge < -0.3 is 9.64 Å². The minimum absolute atomic E-state index is 0.153. The Balaban J connectivity index is 1.59. The van der Waals surface area contributed by atoms with Crippen molar-refractivity contribution in [3.8, 4) is 5.69 Å². The molecule has 1 aliphatic rings. The zero-order valence-electron chi connectivity index (χ0n) is 18.6. The van der Waals surface area contributed by atoms with E-state index in [1.165, 1.54) is 46.7 Å². The Labute approximate surface area is 204 Å². The summed E-state index contributed by atoms with van der Waals surface area (Å²) in [5.74, 6) is -0.650. The molecule has 1 aliphatic heterocycles. The summed E-state index contributed by atoms with van der Waals surface area (Å²) in [7, 11) is 0. The molecule has 35 heavy (non-hydrogen) atoms. The number of thioether (sulfide) groups is 1. The standard InChI is InChI=1S/C26H21F2N3O3S/c27-19-4-1-3-17(13-19)16-35-26-29-23-14-18(24(32)30-9-11-34-12-10-30)7-8-22(23)25(33)31(26)21-6-2-5-20(28)15-21/h1-8,13-15H,9-12,16H2. The molecule has 1 saturated heterocycles. The predicted molar refractivity (Wildman–Crippen MR) is 130 cm³/mol. The molecule has 6 nitrogen and oxygen atoms in total. The van der Waals surface area contributed by atoms with E-state index >= 15 is 0 Å². The number of carbonyl (C=O) groups is 1. The van der Waals surface area contributed by atoms with Crippen molar-refractivity contribution in [1.29, 1.82) is 0 Å². The highest BCUT2D eigenvalue weighted by Crippen LogP contribution is 2.26. The third-order valence-corrected chi connectivity index (χ3v) is 6.72. The van der Waals surface area contributed by atoms with Crippen LogP contribution < -0.4 is 5.56 Å².